The van der Waals surface area contributed by atoms with Crippen molar-refractivity contribution in [2.75, 3.05) is 21.0 Å². The van der Waals surface area contributed by atoms with Crippen LogP contribution in [0.1, 0.15) is 13.3 Å². The van der Waals surface area contributed by atoms with E-state index in [9.17, 15) is 9.90 Å². The fourth-order valence-electron chi connectivity index (χ4n) is 1.88. The lowest BCUT2D eigenvalue weighted by molar-refractivity contribution is -0.148. The maximum absolute atomic E-state index is 11.3. The van der Waals surface area contributed by atoms with Crippen molar-refractivity contribution in [1.29, 1.82) is 0 Å². The van der Waals surface area contributed by atoms with Crippen LogP contribution in [0.4, 0.5) is 0 Å². The number of hydrogen-bond donors (Lipinski definition) is 1. The van der Waals surface area contributed by atoms with E-state index in [1.807, 2.05) is 6.92 Å². The van der Waals surface area contributed by atoms with E-state index in [-0.39, 0.29) is 13.2 Å². The van der Waals surface area contributed by atoms with Crippen molar-refractivity contribution in [3.8, 4) is 0 Å². The molecule has 1 heterocycles. The molecule has 0 aliphatic carbocycles. The van der Waals surface area contributed by atoms with Crippen molar-refractivity contribution in [2.24, 2.45) is 0 Å². The van der Waals surface area contributed by atoms with Crippen LogP contribution in [0.5, 0.6) is 0 Å². The van der Waals surface area contributed by atoms with Crippen molar-refractivity contribution >= 4 is 5.97 Å². The summed E-state index contributed by atoms with van der Waals surface area (Å²) in [6.45, 7) is 1.86. The SMILES string of the molecule is C/C=C/[C@H]1O[C@@H](CC(=O)OC)[C@H](OCOC)[C@H]1O. The van der Waals surface area contributed by atoms with Crippen LogP contribution in [0.15, 0.2) is 12.2 Å². The monoisotopic (exact) mass is 260 g/mol. The first-order valence-electron chi connectivity index (χ1n) is 5.77. The van der Waals surface area contributed by atoms with Gasteiger partial charge >= 0.3 is 5.97 Å². The average Bonchev–Trinajstić information content (AvgIpc) is 2.64. The third-order valence-corrected chi connectivity index (χ3v) is 2.73. The molecular formula is C12H20O6. The molecule has 6 nitrogen and oxygen atoms in total. The van der Waals surface area contributed by atoms with Gasteiger partial charge in [-0.05, 0) is 6.92 Å². The molecule has 0 spiro atoms. The van der Waals surface area contributed by atoms with E-state index < -0.39 is 30.4 Å². The van der Waals surface area contributed by atoms with Crippen molar-refractivity contribution < 1.29 is 28.8 Å². The predicted octanol–water partition coefficient (Wildman–Crippen LogP) is 0.243. The van der Waals surface area contributed by atoms with Crippen LogP contribution in [0.25, 0.3) is 0 Å². The van der Waals surface area contributed by atoms with Gasteiger partial charge in [-0.3, -0.25) is 4.79 Å². The quantitative estimate of drug-likeness (QED) is 0.419. The van der Waals surface area contributed by atoms with Gasteiger partial charge in [-0.2, -0.15) is 0 Å². The summed E-state index contributed by atoms with van der Waals surface area (Å²) in [5.41, 5.74) is 0. The number of methoxy groups -OCH3 is 2. The third-order valence-electron chi connectivity index (χ3n) is 2.73. The van der Waals surface area contributed by atoms with E-state index in [0.717, 1.165) is 0 Å². The van der Waals surface area contributed by atoms with Gasteiger partial charge in [0.1, 0.15) is 25.1 Å². The highest BCUT2D eigenvalue weighted by Gasteiger charge is 2.44. The minimum atomic E-state index is -0.828. The predicted molar refractivity (Wildman–Crippen MR) is 62.9 cm³/mol. The summed E-state index contributed by atoms with van der Waals surface area (Å²) in [5.74, 6) is -0.403. The summed E-state index contributed by atoms with van der Waals surface area (Å²) in [7, 11) is 2.79. The zero-order chi connectivity index (χ0) is 13.5. The van der Waals surface area contributed by atoms with E-state index in [0.29, 0.717) is 0 Å². The van der Waals surface area contributed by atoms with Crippen LogP contribution < -0.4 is 0 Å². The smallest absolute Gasteiger partial charge is 0.308 e. The molecule has 0 aromatic rings. The van der Waals surface area contributed by atoms with Crippen molar-refractivity contribution in [3.63, 3.8) is 0 Å². The Morgan fingerprint density at radius 2 is 2.17 bits per heavy atom. The fraction of sp³-hybridized carbons (Fsp3) is 0.750. The summed E-state index contributed by atoms with van der Waals surface area (Å²) in [6.07, 6.45) is 1.09. The summed E-state index contributed by atoms with van der Waals surface area (Å²) in [4.78, 5) is 11.3. The molecule has 18 heavy (non-hydrogen) atoms. The second-order valence-corrected chi connectivity index (χ2v) is 3.97. The molecule has 0 bridgehead atoms. The zero-order valence-corrected chi connectivity index (χ0v) is 10.9. The highest BCUT2D eigenvalue weighted by Crippen LogP contribution is 2.27. The molecule has 6 heteroatoms. The molecule has 0 radical (unpaired) electrons. The van der Waals surface area contributed by atoms with E-state index in [4.69, 9.17) is 14.2 Å². The standard InChI is InChI=1S/C12H20O6/c1-4-5-8-11(14)12(17-7-15-2)9(18-8)6-10(13)16-3/h4-5,8-9,11-12,14H,6-7H2,1-3H3/b5-4+/t8-,9+,11+,12+/m1/s1. The molecule has 1 fully saturated rings. The maximum atomic E-state index is 11.3. The number of ether oxygens (including phenoxy) is 4. The van der Waals surface area contributed by atoms with Crippen LogP contribution in [0, 0.1) is 0 Å². The number of aliphatic hydroxyl groups is 1. The van der Waals surface area contributed by atoms with Gasteiger partial charge in [0.25, 0.3) is 0 Å². The van der Waals surface area contributed by atoms with Crippen LogP contribution in [-0.2, 0) is 23.7 Å². The lowest BCUT2D eigenvalue weighted by Crippen LogP contribution is -2.36. The number of aliphatic hydroxyl groups excluding tert-OH is 1. The Morgan fingerprint density at radius 3 is 2.72 bits per heavy atom. The highest BCUT2D eigenvalue weighted by molar-refractivity contribution is 5.70. The molecule has 1 N–H and O–H groups in total. The number of esters is 1. The topological polar surface area (TPSA) is 74.2 Å². The van der Waals surface area contributed by atoms with E-state index >= 15 is 0 Å². The van der Waals surface area contributed by atoms with Crippen molar-refractivity contribution in [3.05, 3.63) is 12.2 Å². The number of rotatable bonds is 6. The minimum absolute atomic E-state index is 0.0331. The van der Waals surface area contributed by atoms with Crippen LogP contribution in [0.2, 0.25) is 0 Å². The van der Waals surface area contributed by atoms with Crippen LogP contribution >= 0.6 is 0 Å². The molecular weight excluding hydrogens is 240 g/mol. The van der Waals surface area contributed by atoms with Gasteiger partial charge in [0.2, 0.25) is 0 Å². The number of allylic oxidation sites excluding steroid dienone is 1. The Balaban J connectivity index is 2.68. The Kier molecular flexibility index (Phi) is 6.28. The summed E-state index contributed by atoms with van der Waals surface area (Å²) < 4.78 is 20.3. The van der Waals surface area contributed by atoms with Gasteiger partial charge in [-0.15, -0.1) is 0 Å². The van der Waals surface area contributed by atoms with Gasteiger partial charge in [0, 0.05) is 7.11 Å². The summed E-state index contributed by atoms with van der Waals surface area (Å²) >= 11 is 0. The molecule has 1 aliphatic rings. The van der Waals surface area contributed by atoms with Gasteiger partial charge in [0.05, 0.1) is 19.6 Å². The van der Waals surface area contributed by atoms with E-state index in [1.165, 1.54) is 14.2 Å². The summed E-state index contributed by atoms with van der Waals surface area (Å²) in [6, 6.07) is 0. The molecule has 1 aliphatic heterocycles. The molecule has 0 unspecified atom stereocenters. The molecule has 104 valence electrons. The van der Waals surface area contributed by atoms with Crippen molar-refractivity contribution in [2.45, 2.75) is 37.8 Å². The van der Waals surface area contributed by atoms with E-state index in [1.54, 1.807) is 12.2 Å². The number of carbonyl (C=O) groups is 1. The highest BCUT2D eigenvalue weighted by atomic mass is 16.7. The summed E-state index contributed by atoms with van der Waals surface area (Å²) in [5, 5.41) is 10.1. The Labute approximate surface area is 106 Å². The number of hydrogen-bond acceptors (Lipinski definition) is 6. The van der Waals surface area contributed by atoms with Gasteiger partial charge < -0.3 is 24.1 Å². The molecule has 0 saturated carbocycles. The second kappa shape index (κ2) is 7.48. The molecule has 1 saturated heterocycles. The molecule has 0 aromatic carbocycles. The Bertz CT molecular complexity index is 290. The van der Waals surface area contributed by atoms with Crippen LogP contribution in [-0.4, -0.2) is 56.5 Å². The van der Waals surface area contributed by atoms with Gasteiger partial charge in [-0.25, -0.2) is 0 Å². The fourth-order valence-corrected chi connectivity index (χ4v) is 1.88. The normalized spacial score (nSPS) is 32.0. The lowest BCUT2D eigenvalue weighted by Gasteiger charge is -2.19. The van der Waals surface area contributed by atoms with Gasteiger partial charge in [0.15, 0.2) is 0 Å². The number of carbonyl (C=O) groups excluding carboxylic acids is 1. The van der Waals surface area contributed by atoms with E-state index in [2.05, 4.69) is 4.74 Å². The van der Waals surface area contributed by atoms with Gasteiger partial charge in [-0.1, -0.05) is 12.2 Å². The lowest BCUT2D eigenvalue weighted by atomic mass is 10.1. The Morgan fingerprint density at radius 1 is 1.44 bits per heavy atom. The first-order chi connectivity index (χ1) is 8.63. The second-order valence-electron chi connectivity index (χ2n) is 3.97. The Hall–Kier alpha value is -0.950. The van der Waals surface area contributed by atoms with Crippen molar-refractivity contribution in [1.82, 2.24) is 0 Å². The van der Waals surface area contributed by atoms with Crippen LogP contribution in [0.3, 0.4) is 0 Å². The minimum Gasteiger partial charge on any atom is -0.469 e. The third kappa shape index (κ3) is 3.78. The average molecular weight is 260 g/mol. The molecule has 4 atom stereocenters. The first kappa shape index (κ1) is 15.1. The molecule has 0 amide bonds. The molecule has 0 aromatic heterocycles. The largest absolute Gasteiger partial charge is 0.469 e. The molecule has 1 rings (SSSR count). The zero-order valence-electron chi connectivity index (χ0n) is 10.9. The maximum Gasteiger partial charge on any atom is 0.308 e. The first-order valence-corrected chi connectivity index (χ1v) is 5.77.